The first-order valence-corrected chi connectivity index (χ1v) is 9.23. The highest BCUT2D eigenvalue weighted by atomic mass is 15.3. The fourth-order valence-electron chi connectivity index (χ4n) is 3.39. The van der Waals surface area contributed by atoms with Gasteiger partial charge >= 0.3 is 0 Å². The van der Waals surface area contributed by atoms with E-state index in [1.807, 2.05) is 19.6 Å². The quantitative estimate of drug-likeness (QED) is 0.526. The minimum absolute atomic E-state index is 0.562. The van der Waals surface area contributed by atoms with Gasteiger partial charge < -0.3 is 9.13 Å². The normalized spacial score (nSPS) is 13.9. The summed E-state index contributed by atoms with van der Waals surface area (Å²) < 4.78 is 6.41. The zero-order chi connectivity index (χ0) is 18.4. The number of hydrogen-bond donors (Lipinski definition) is 0. The molecule has 0 aliphatic heterocycles. The van der Waals surface area contributed by atoms with E-state index >= 15 is 0 Å². The molecule has 0 N–H and O–H groups in total. The van der Waals surface area contributed by atoms with Crippen molar-refractivity contribution in [2.24, 2.45) is 0 Å². The summed E-state index contributed by atoms with van der Waals surface area (Å²) in [5.41, 5.74) is 5.51. The molecule has 0 atom stereocenters. The average Bonchev–Trinajstić information content (AvgIpc) is 3.34. The van der Waals surface area contributed by atoms with Crippen LogP contribution in [0.4, 0.5) is 0 Å². The number of pyridine rings is 1. The van der Waals surface area contributed by atoms with Crippen molar-refractivity contribution in [3.63, 3.8) is 0 Å². The van der Waals surface area contributed by atoms with Crippen LogP contribution in [0.3, 0.4) is 0 Å². The van der Waals surface area contributed by atoms with E-state index in [1.54, 1.807) is 0 Å². The van der Waals surface area contributed by atoms with Crippen molar-refractivity contribution >= 4 is 0 Å². The second-order valence-corrected chi connectivity index (χ2v) is 7.09. The van der Waals surface area contributed by atoms with Crippen LogP contribution in [-0.2, 0) is 0 Å². The molecule has 0 spiro atoms. The molecule has 3 heterocycles. The monoisotopic (exact) mass is 357 g/mol. The highest BCUT2D eigenvalue weighted by Gasteiger charge is 2.26. The van der Waals surface area contributed by atoms with Gasteiger partial charge in [0.1, 0.15) is 6.33 Å². The minimum Gasteiger partial charge on any atom is -0.310 e. The molecule has 4 aromatic rings. The van der Waals surface area contributed by atoms with Crippen molar-refractivity contribution < 1.29 is 4.57 Å². The summed E-state index contributed by atoms with van der Waals surface area (Å²) in [5.74, 6) is 0.945. The third-order valence-electron chi connectivity index (χ3n) is 5.26. The largest absolute Gasteiger partial charge is 0.310 e. The van der Waals surface area contributed by atoms with E-state index < -0.39 is 0 Å². The molecule has 1 fully saturated rings. The van der Waals surface area contributed by atoms with Crippen molar-refractivity contribution in [3.8, 4) is 22.8 Å². The fraction of sp³-hybridized carbons (Fsp3) is 0.238. The number of benzene rings is 1. The maximum absolute atomic E-state index is 4.38. The number of nitrogens with zero attached hydrogens (tertiary/aromatic N) is 6. The molecule has 3 aromatic heterocycles. The Morgan fingerprint density at radius 2 is 1.85 bits per heavy atom. The first-order valence-electron chi connectivity index (χ1n) is 9.23. The van der Waals surface area contributed by atoms with Crippen LogP contribution in [0, 0.1) is 13.8 Å². The highest BCUT2D eigenvalue weighted by molar-refractivity contribution is 5.58. The molecule has 27 heavy (non-hydrogen) atoms. The molecule has 0 saturated heterocycles. The summed E-state index contributed by atoms with van der Waals surface area (Å²) in [5, 5.41) is 8.46. The van der Waals surface area contributed by atoms with E-state index in [9.17, 15) is 0 Å². The zero-order valence-corrected chi connectivity index (χ0v) is 15.4. The van der Waals surface area contributed by atoms with Gasteiger partial charge in [-0.1, -0.05) is 12.1 Å². The molecule has 0 amide bonds. The van der Waals surface area contributed by atoms with Crippen LogP contribution in [0.15, 0.2) is 61.4 Å². The maximum Gasteiger partial charge on any atom is 0.211 e. The Morgan fingerprint density at radius 1 is 1.04 bits per heavy atom. The molecule has 0 radical (unpaired) electrons. The summed E-state index contributed by atoms with van der Waals surface area (Å²) in [6.45, 7) is 4.11. The van der Waals surface area contributed by atoms with Gasteiger partial charge in [-0.3, -0.25) is 0 Å². The molecular weight excluding hydrogens is 336 g/mol. The molecule has 0 unspecified atom stereocenters. The SMILES string of the molecule is Cc1ncn(-c2cc[n+](-c3cccc(-c4nncn4C4CC4)c3)cc2)c1C. The number of aromatic nitrogens is 6. The minimum atomic E-state index is 0.562. The summed E-state index contributed by atoms with van der Waals surface area (Å²) in [6, 6.07) is 13.2. The third-order valence-corrected chi connectivity index (χ3v) is 5.26. The fourth-order valence-corrected chi connectivity index (χ4v) is 3.39. The Kier molecular flexibility index (Phi) is 3.63. The summed E-state index contributed by atoms with van der Waals surface area (Å²) in [6.07, 6.45) is 10.3. The van der Waals surface area contributed by atoms with Crippen LogP contribution in [0.25, 0.3) is 22.8 Å². The second kappa shape index (κ2) is 6.16. The van der Waals surface area contributed by atoms with Crippen molar-refractivity contribution in [3.05, 3.63) is 72.8 Å². The van der Waals surface area contributed by atoms with E-state index in [-0.39, 0.29) is 0 Å². The molecule has 1 saturated carbocycles. The van der Waals surface area contributed by atoms with Crippen molar-refractivity contribution in [1.29, 1.82) is 0 Å². The van der Waals surface area contributed by atoms with Gasteiger partial charge in [-0.25, -0.2) is 4.98 Å². The summed E-state index contributed by atoms with van der Waals surface area (Å²) >= 11 is 0. The Balaban J connectivity index is 1.48. The molecule has 6 nitrogen and oxygen atoms in total. The van der Waals surface area contributed by atoms with Crippen molar-refractivity contribution in [1.82, 2.24) is 24.3 Å². The lowest BCUT2D eigenvalue weighted by Crippen LogP contribution is -2.29. The Labute approximate surface area is 157 Å². The van der Waals surface area contributed by atoms with Crippen molar-refractivity contribution in [2.75, 3.05) is 0 Å². The van der Waals surface area contributed by atoms with E-state index in [0.29, 0.717) is 6.04 Å². The number of aryl methyl sites for hydroxylation is 1. The molecule has 134 valence electrons. The Hall–Kier alpha value is -3.28. The van der Waals surface area contributed by atoms with Gasteiger partial charge in [-0.15, -0.1) is 10.2 Å². The first-order chi connectivity index (χ1) is 13.2. The summed E-state index contributed by atoms with van der Waals surface area (Å²) in [4.78, 5) is 4.38. The smallest absolute Gasteiger partial charge is 0.211 e. The van der Waals surface area contributed by atoms with Crippen LogP contribution in [0.2, 0.25) is 0 Å². The Bertz CT molecular complexity index is 1100. The van der Waals surface area contributed by atoms with Crippen LogP contribution in [0.1, 0.15) is 30.3 Å². The van der Waals surface area contributed by atoms with Gasteiger partial charge in [0.2, 0.25) is 5.69 Å². The van der Waals surface area contributed by atoms with E-state index in [4.69, 9.17) is 0 Å². The lowest BCUT2D eigenvalue weighted by Gasteiger charge is -2.06. The topological polar surface area (TPSA) is 52.4 Å². The molecular formula is C21H21N6+. The van der Waals surface area contributed by atoms with Gasteiger partial charge in [0.25, 0.3) is 0 Å². The lowest BCUT2D eigenvalue weighted by molar-refractivity contribution is -0.595. The molecule has 1 aromatic carbocycles. The lowest BCUT2D eigenvalue weighted by atomic mass is 10.2. The number of hydrogen-bond acceptors (Lipinski definition) is 3. The van der Waals surface area contributed by atoms with Crippen LogP contribution in [-0.4, -0.2) is 24.3 Å². The van der Waals surface area contributed by atoms with Crippen LogP contribution < -0.4 is 4.57 Å². The molecule has 0 bridgehead atoms. The Morgan fingerprint density at radius 3 is 2.56 bits per heavy atom. The van der Waals surface area contributed by atoms with Gasteiger partial charge in [0.15, 0.2) is 18.2 Å². The second-order valence-electron chi connectivity index (χ2n) is 7.09. The molecule has 6 heteroatoms. The number of imidazole rings is 1. The van der Waals surface area contributed by atoms with Gasteiger partial charge in [0, 0.05) is 41.6 Å². The zero-order valence-electron chi connectivity index (χ0n) is 15.4. The average molecular weight is 357 g/mol. The molecule has 1 aliphatic rings. The van der Waals surface area contributed by atoms with E-state index in [1.165, 1.54) is 12.8 Å². The van der Waals surface area contributed by atoms with Gasteiger partial charge in [-0.2, -0.15) is 4.57 Å². The predicted molar refractivity (Wildman–Crippen MR) is 102 cm³/mol. The van der Waals surface area contributed by atoms with E-state index in [0.717, 1.165) is 34.2 Å². The maximum atomic E-state index is 4.38. The first kappa shape index (κ1) is 15.9. The van der Waals surface area contributed by atoms with Crippen LogP contribution in [0.5, 0.6) is 0 Å². The van der Waals surface area contributed by atoms with Crippen LogP contribution >= 0.6 is 0 Å². The summed E-state index contributed by atoms with van der Waals surface area (Å²) in [7, 11) is 0. The van der Waals surface area contributed by atoms with Gasteiger partial charge in [0.05, 0.1) is 17.7 Å². The standard InChI is InChI=1S/C21H21N6/c1-15-16(2)26(13-22-15)19-8-10-25(11-9-19)20-5-3-4-17(12-20)21-24-23-14-27(21)18-6-7-18/h3-5,8-14,18H,6-7H2,1-2H3/q+1. The van der Waals surface area contributed by atoms with Crippen molar-refractivity contribution in [2.45, 2.75) is 32.7 Å². The van der Waals surface area contributed by atoms with Gasteiger partial charge in [-0.05, 0) is 26.7 Å². The molecule has 5 rings (SSSR count). The third kappa shape index (κ3) is 2.83. The number of rotatable bonds is 4. The van der Waals surface area contributed by atoms with E-state index in [2.05, 4.69) is 84.6 Å². The highest BCUT2D eigenvalue weighted by Crippen LogP contribution is 2.37. The predicted octanol–water partition coefficient (Wildman–Crippen LogP) is 3.36. The molecule has 1 aliphatic carbocycles.